The van der Waals surface area contributed by atoms with Crippen LogP contribution in [0.1, 0.15) is 86.7 Å². The molecule has 2 aliphatic heterocycles. The first-order valence-electron chi connectivity index (χ1n) is 18.4. The van der Waals surface area contributed by atoms with Crippen molar-refractivity contribution in [2.75, 3.05) is 45.9 Å². The predicted octanol–water partition coefficient (Wildman–Crippen LogP) is 9.00. The maximum absolute atomic E-state index is 5.77. The van der Waals surface area contributed by atoms with E-state index in [1.807, 2.05) is 6.20 Å². The number of rotatable bonds is 15. The molecule has 1 saturated heterocycles. The summed E-state index contributed by atoms with van der Waals surface area (Å²) in [4.78, 5) is 9.96. The molecule has 2 aromatic carbocycles. The van der Waals surface area contributed by atoms with Crippen LogP contribution in [0.4, 0.5) is 5.69 Å². The third kappa shape index (κ3) is 8.62. The van der Waals surface area contributed by atoms with E-state index in [0.29, 0.717) is 12.0 Å². The Bertz CT molecular complexity index is 1700. The van der Waals surface area contributed by atoms with Gasteiger partial charge in [0.25, 0.3) is 0 Å². The van der Waals surface area contributed by atoms with Crippen LogP contribution in [0.15, 0.2) is 96.9 Å². The van der Waals surface area contributed by atoms with Crippen LogP contribution in [0.3, 0.4) is 0 Å². The highest BCUT2D eigenvalue weighted by Crippen LogP contribution is 2.48. The fraction of sp³-hybridized carbons (Fsp3) is 0.419. The number of piperidine rings is 1. The number of dihydropyridines is 1. The van der Waals surface area contributed by atoms with Gasteiger partial charge in [0, 0.05) is 49.7 Å². The lowest BCUT2D eigenvalue weighted by Gasteiger charge is -2.40. The summed E-state index contributed by atoms with van der Waals surface area (Å²) >= 11 is 0. The van der Waals surface area contributed by atoms with E-state index in [1.165, 1.54) is 46.4 Å². The molecule has 2 fully saturated rings. The van der Waals surface area contributed by atoms with Gasteiger partial charge in [-0.25, -0.2) is 0 Å². The molecule has 0 spiro atoms. The van der Waals surface area contributed by atoms with E-state index in [9.17, 15) is 0 Å². The number of methoxy groups -OCH3 is 3. The van der Waals surface area contributed by atoms with E-state index in [0.717, 1.165) is 74.8 Å². The molecule has 0 radical (unpaired) electrons. The summed E-state index contributed by atoms with van der Waals surface area (Å²) in [5.41, 5.74) is 8.67. The number of allylic oxidation sites excluding steroid dienone is 4. The van der Waals surface area contributed by atoms with E-state index in [1.54, 1.807) is 21.3 Å². The minimum absolute atomic E-state index is 0.103. The van der Waals surface area contributed by atoms with Gasteiger partial charge in [0.1, 0.15) is 5.75 Å². The Balaban J connectivity index is 1.15. The molecule has 0 amide bonds. The Morgan fingerprint density at radius 2 is 1.76 bits per heavy atom. The number of hydrogen-bond acceptors (Lipinski definition) is 7. The van der Waals surface area contributed by atoms with Gasteiger partial charge in [-0.1, -0.05) is 38.2 Å². The monoisotopic (exact) mass is 674 g/mol. The van der Waals surface area contributed by atoms with Gasteiger partial charge in [0.05, 0.1) is 33.1 Å². The van der Waals surface area contributed by atoms with E-state index in [4.69, 9.17) is 19.2 Å². The number of anilines is 1. The number of nitrogens with one attached hydrogen (secondary N) is 1. The molecule has 3 heterocycles. The third-order valence-corrected chi connectivity index (χ3v) is 10.2. The molecular formula is C43H54N4O3. The normalized spacial score (nSPS) is 18.5. The average Bonchev–Trinajstić information content (AvgIpc) is 4.02. The topological polar surface area (TPSA) is 59.1 Å². The highest BCUT2D eigenvalue weighted by Gasteiger charge is 2.30. The molecule has 7 heteroatoms. The van der Waals surface area contributed by atoms with Gasteiger partial charge in [-0.15, -0.1) is 0 Å². The molecule has 3 aromatic rings. The van der Waals surface area contributed by atoms with Crippen LogP contribution in [-0.2, 0) is 6.54 Å². The van der Waals surface area contributed by atoms with Gasteiger partial charge < -0.3 is 24.4 Å². The first-order valence-corrected chi connectivity index (χ1v) is 18.4. The number of nitrogens with zero attached hydrogens (tertiary/aromatic N) is 3. The summed E-state index contributed by atoms with van der Waals surface area (Å²) in [5, 5.41) is 3.58. The summed E-state index contributed by atoms with van der Waals surface area (Å²) in [6, 6.07) is 18.0. The summed E-state index contributed by atoms with van der Waals surface area (Å²) in [7, 11) is 5.20. The average molecular weight is 675 g/mol. The number of aromatic nitrogens is 1. The molecule has 1 aromatic heterocycles. The zero-order valence-corrected chi connectivity index (χ0v) is 30.5. The Kier molecular flexibility index (Phi) is 12.0. The van der Waals surface area contributed by atoms with Gasteiger partial charge in [-0.3, -0.25) is 9.88 Å². The lowest BCUT2D eigenvalue weighted by molar-refractivity contribution is 0.224. The standard InChI is InChI=1S/C43H54N4O3/c1-6-8-9-10-33(7-2)40-26-32(18-22-44-40)30-47(36-13-15-38(48-3)16-14-36)37-19-23-46(24-20-37)29-31-17-21-45-41(25-31)35-27-39(34-11-12-34)43(50-5)42(28-35)49-4/h8-10,13-18,21-22,25-28,34,37,41,45H,6-7,11-12,19-20,23-24,29-30H2,1-5H3/b9-8-,33-10+. The van der Waals surface area contributed by atoms with Crippen LogP contribution in [0, 0.1) is 0 Å². The first-order chi connectivity index (χ1) is 24.5. The molecule has 1 unspecified atom stereocenters. The molecular weight excluding hydrogens is 620 g/mol. The van der Waals surface area contributed by atoms with Crippen molar-refractivity contribution in [3.05, 3.63) is 119 Å². The van der Waals surface area contributed by atoms with Crippen LogP contribution < -0.4 is 24.4 Å². The summed E-state index contributed by atoms with van der Waals surface area (Å²) in [6.07, 6.45) is 21.8. The van der Waals surface area contributed by atoms with Crippen LogP contribution in [0.5, 0.6) is 17.2 Å². The van der Waals surface area contributed by atoms with E-state index in [2.05, 4.69) is 114 Å². The van der Waals surface area contributed by atoms with E-state index < -0.39 is 0 Å². The third-order valence-electron chi connectivity index (χ3n) is 10.2. The molecule has 50 heavy (non-hydrogen) atoms. The maximum Gasteiger partial charge on any atom is 0.164 e. The van der Waals surface area contributed by atoms with E-state index >= 15 is 0 Å². The summed E-state index contributed by atoms with van der Waals surface area (Å²) in [5.74, 6) is 3.15. The van der Waals surface area contributed by atoms with Crippen molar-refractivity contribution >= 4 is 11.3 Å². The molecule has 1 saturated carbocycles. The molecule has 1 aliphatic carbocycles. The van der Waals surface area contributed by atoms with Crippen molar-refractivity contribution < 1.29 is 14.2 Å². The van der Waals surface area contributed by atoms with Gasteiger partial charge in [-0.05, 0) is 128 Å². The second-order valence-electron chi connectivity index (χ2n) is 13.6. The van der Waals surface area contributed by atoms with Crippen molar-refractivity contribution in [2.45, 2.75) is 76.9 Å². The SMILES string of the molecule is CC/C=C\C=C(/CC)c1cc(CN(c2ccc(OC)cc2)C2CCN(CC3=CC(c4cc(OC)c(OC)c(C5CC5)c4)NC=C3)CC2)ccn1. The maximum atomic E-state index is 5.77. The zero-order chi connectivity index (χ0) is 34.9. The van der Waals surface area contributed by atoms with Crippen molar-refractivity contribution in [1.29, 1.82) is 0 Å². The molecule has 0 bridgehead atoms. The summed E-state index contributed by atoms with van der Waals surface area (Å²) < 4.78 is 17.0. The van der Waals surface area contributed by atoms with Crippen molar-refractivity contribution in [3.8, 4) is 17.2 Å². The highest BCUT2D eigenvalue weighted by atomic mass is 16.5. The largest absolute Gasteiger partial charge is 0.497 e. The number of ether oxygens (including phenoxy) is 3. The predicted molar refractivity (Wildman–Crippen MR) is 205 cm³/mol. The minimum atomic E-state index is 0.103. The molecule has 3 aliphatic rings. The van der Waals surface area contributed by atoms with Gasteiger partial charge in [-0.2, -0.15) is 0 Å². The minimum Gasteiger partial charge on any atom is -0.497 e. The molecule has 6 rings (SSSR count). The second-order valence-corrected chi connectivity index (χ2v) is 13.6. The van der Waals surface area contributed by atoms with Gasteiger partial charge in [0.2, 0.25) is 0 Å². The van der Waals surface area contributed by atoms with Crippen LogP contribution >= 0.6 is 0 Å². The lowest BCUT2D eigenvalue weighted by Crippen LogP contribution is -2.45. The first kappa shape index (κ1) is 35.3. The molecule has 264 valence electrons. The summed E-state index contributed by atoms with van der Waals surface area (Å²) in [6.45, 7) is 8.25. The fourth-order valence-corrected chi connectivity index (χ4v) is 7.27. The van der Waals surface area contributed by atoms with Crippen LogP contribution in [0.2, 0.25) is 0 Å². The number of benzene rings is 2. The Labute approximate surface area is 299 Å². The Morgan fingerprint density at radius 1 is 0.960 bits per heavy atom. The van der Waals surface area contributed by atoms with Crippen molar-refractivity contribution in [1.82, 2.24) is 15.2 Å². The zero-order valence-electron chi connectivity index (χ0n) is 30.5. The number of hydrogen-bond donors (Lipinski definition) is 1. The Hall–Kier alpha value is -4.49. The highest BCUT2D eigenvalue weighted by molar-refractivity contribution is 5.64. The van der Waals surface area contributed by atoms with Crippen LogP contribution in [0.25, 0.3) is 5.57 Å². The Morgan fingerprint density at radius 3 is 2.44 bits per heavy atom. The van der Waals surface area contributed by atoms with Crippen molar-refractivity contribution in [2.24, 2.45) is 0 Å². The second kappa shape index (κ2) is 16.9. The smallest absolute Gasteiger partial charge is 0.164 e. The molecule has 1 atom stereocenters. The number of pyridine rings is 1. The molecule has 1 N–H and O–H groups in total. The van der Waals surface area contributed by atoms with Gasteiger partial charge in [0.15, 0.2) is 11.5 Å². The van der Waals surface area contributed by atoms with Gasteiger partial charge >= 0.3 is 0 Å². The van der Waals surface area contributed by atoms with Crippen molar-refractivity contribution in [3.63, 3.8) is 0 Å². The number of likely N-dealkylation sites (tertiary alicyclic amines) is 1. The van der Waals surface area contributed by atoms with E-state index in [-0.39, 0.29) is 6.04 Å². The van der Waals surface area contributed by atoms with Crippen LogP contribution in [-0.4, -0.2) is 56.9 Å². The lowest BCUT2D eigenvalue weighted by atomic mass is 9.96. The fourth-order valence-electron chi connectivity index (χ4n) is 7.27. The quantitative estimate of drug-likeness (QED) is 0.162. The molecule has 7 nitrogen and oxygen atoms in total.